The lowest BCUT2D eigenvalue weighted by atomic mass is 10.00. The molecule has 1 atom stereocenters. The number of hydrogen-bond donors (Lipinski definition) is 1. The van der Waals surface area contributed by atoms with Gasteiger partial charge in [-0.2, -0.15) is 0 Å². The Morgan fingerprint density at radius 3 is 2.68 bits per heavy atom. The molecular weight excluding hydrogens is 296 g/mol. The Morgan fingerprint density at radius 2 is 1.91 bits per heavy atom. The van der Waals surface area contributed by atoms with Crippen molar-refractivity contribution in [2.24, 2.45) is 5.73 Å². The fourth-order valence-corrected chi connectivity index (χ4v) is 3.20. The molecule has 0 aliphatic carbocycles. The maximum Gasteiger partial charge on any atom is 0.227 e. The van der Waals surface area contributed by atoms with E-state index >= 15 is 0 Å². The number of carbonyl (C=O) groups excluding carboxylic acids is 1. The van der Waals surface area contributed by atoms with E-state index in [1.54, 1.807) is 0 Å². The third kappa shape index (κ3) is 3.60. The normalized spacial score (nSPS) is 18.0. The highest BCUT2D eigenvalue weighted by atomic mass is 35.5. The van der Waals surface area contributed by atoms with E-state index in [4.69, 9.17) is 5.73 Å². The molecule has 4 heteroatoms. The predicted octanol–water partition coefficient (Wildman–Crippen LogP) is 3.14. The fraction of sp³-hybridized carbons (Fsp3) is 0.389. The second-order valence-electron chi connectivity index (χ2n) is 5.83. The molecule has 0 radical (unpaired) electrons. The summed E-state index contributed by atoms with van der Waals surface area (Å²) in [6.45, 7) is 1.43. The van der Waals surface area contributed by atoms with Crippen LogP contribution in [0.4, 0.5) is 0 Å². The quantitative estimate of drug-likeness (QED) is 0.945. The lowest BCUT2D eigenvalue weighted by Crippen LogP contribution is -2.48. The average molecular weight is 319 g/mol. The van der Waals surface area contributed by atoms with Crippen LogP contribution in [0.5, 0.6) is 0 Å². The van der Waals surface area contributed by atoms with Crippen LogP contribution >= 0.6 is 12.4 Å². The van der Waals surface area contributed by atoms with Crippen LogP contribution in [0.3, 0.4) is 0 Å². The number of hydrogen-bond acceptors (Lipinski definition) is 2. The maximum atomic E-state index is 12.5. The zero-order valence-corrected chi connectivity index (χ0v) is 13.5. The van der Waals surface area contributed by atoms with E-state index in [2.05, 4.69) is 30.3 Å². The summed E-state index contributed by atoms with van der Waals surface area (Å²) in [5.74, 6) is 0.209. The standard InChI is InChI=1S/C18H22N2O.ClH/c19-13-17-7-3-4-10-20(17)18(21)12-14-8-9-15-5-1-2-6-16(15)11-14;/h1-2,5-6,8-9,11,17H,3-4,7,10,12-13,19H2;1H. The number of halogens is 1. The van der Waals surface area contributed by atoms with Crippen molar-refractivity contribution in [2.45, 2.75) is 31.7 Å². The highest BCUT2D eigenvalue weighted by Gasteiger charge is 2.25. The second kappa shape index (κ2) is 7.61. The van der Waals surface area contributed by atoms with Crippen LogP contribution in [-0.2, 0) is 11.2 Å². The van der Waals surface area contributed by atoms with Gasteiger partial charge < -0.3 is 10.6 Å². The number of rotatable bonds is 3. The second-order valence-corrected chi connectivity index (χ2v) is 5.83. The molecule has 1 saturated heterocycles. The SMILES string of the molecule is Cl.NCC1CCCCN1C(=O)Cc1ccc2ccccc2c1. The fourth-order valence-electron chi connectivity index (χ4n) is 3.20. The third-order valence-electron chi connectivity index (χ3n) is 4.39. The van der Waals surface area contributed by atoms with E-state index < -0.39 is 0 Å². The Hall–Kier alpha value is -1.58. The lowest BCUT2D eigenvalue weighted by molar-refractivity contribution is -0.133. The van der Waals surface area contributed by atoms with Gasteiger partial charge in [0.1, 0.15) is 0 Å². The molecule has 3 rings (SSSR count). The summed E-state index contributed by atoms with van der Waals surface area (Å²) < 4.78 is 0. The molecule has 22 heavy (non-hydrogen) atoms. The first-order valence-corrected chi connectivity index (χ1v) is 7.75. The van der Waals surface area contributed by atoms with E-state index in [0.29, 0.717) is 13.0 Å². The Morgan fingerprint density at radius 1 is 1.14 bits per heavy atom. The Labute approximate surface area is 137 Å². The molecule has 2 N–H and O–H groups in total. The number of benzene rings is 2. The van der Waals surface area contributed by atoms with Crippen molar-refractivity contribution in [3.63, 3.8) is 0 Å². The Balaban J connectivity index is 0.00000176. The Kier molecular flexibility index (Phi) is 5.81. The first-order valence-electron chi connectivity index (χ1n) is 7.75. The largest absolute Gasteiger partial charge is 0.338 e. The summed E-state index contributed by atoms with van der Waals surface area (Å²) in [6.07, 6.45) is 3.79. The summed E-state index contributed by atoms with van der Waals surface area (Å²) >= 11 is 0. The molecule has 0 saturated carbocycles. The highest BCUT2D eigenvalue weighted by Crippen LogP contribution is 2.20. The molecule has 0 aromatic heterocycles. The first kappa shape index (κ1) is 16.8. The number of amides is 1. The molecule has 1 amide bonds. The van der Waals surface area contributed by atoms with Gasteiger partial charge in [-0.25, -0.2) is 0 Å². The van der Waals surface area contributed by atoms with E-state index in [9.17, 15) is 4.79 Å². The van der Waals surface area contributed by atoms with E-state index in [1.807, 2.05) is 17.0 Å². The van der Waals surface area contributed by atoms with Crippen LogP contribution in [0.15, 0.2) is 42.5 Å². The number of nitrogens with zero attached hydrogens (tertiary/aromatic N) is 1. The predicted molar refractivity (Wildman–Crippen MR) is 93.3 cm³/mol. The van der Waals surface area contributed by atoms with Gasteiger partial charge in [-0.3, -0.25) is 4.79 Å². The minimum absolute atomic E-state index is 0. The van der Waals surface area contributed by atoms with Crippen molar-refractivity contribution in [3.8, 4) is 0 Å². The third-order valence-corrected chi connectivity index (χ3v) is 4.39. The van der Waals surface area contributed by atoms with E-state index in [-0.39, 0.29) is 24.4 Å². The van der Waals surface area contributed by atoms with Gasteiger partial charge in [0.05, 0.1) is 6.42 Å². The minimum atomic E-state index is 0. The maximum absolute atomic E-state index is 12.5. The molecule has 1 aliphatic rings. The number of nitrogens with two attached hydrogens (primary N) is 1. The van der Waals surface area contributed by atoms with Crippen LogP contribution in [0.25, 0.3) is 10.8 Å². The van der Waals surface area contributed by atoms with Crippen molar-refractivity contribution >= 4 is 29.1 Å². The molecule has 1 heterocycles. The van der Waals surface area contributed by atoms with Crippen molar-refractivity contribution in [1.29, 1.82) is 0 Å². The molecule has 1 unspecified atom stereocenters. The molecule has 0 bridgehead atoms. The zero-order valence-electron chi connectivity index (χ0n) is 12.7. The first-order chi connectivity index (χ1) is 10.3. The molecule has 1 fully saturated rings. The number of fused-ring (bicyclic) bond motifs is 1. The van der Waals surface area contributed by atoms with E-state index in [0.717, 1.165) is 24.9 Å². The molecule has 2 aromatic carbocycles. The molecule has 3 nitrogen and oxygen atoms in total. The average Bonchev–Trinajstić information content (AvgIpc) is 2.54. The van der Waals surface area contributed by atoms with Crippen molar-refractivity contribution < 1.29 is 4.79 Å². The van der Waals surface area contributed by atoms with E-state index in [1.165, 1.54) is 17.2 Å². The van der Waals surface area contributed by atoms with Gasteiger partial charge in [-0.05, 0) is 35.6 Å². The van der Waals surface area contributed by atoms with Crippen LogP contribution in [0, 0.1) is 0 Å². The molecule has 118 valence electrons. The van der Waals surface area contributed by atoms with Gasteiger partial charge in [-0.1, -0.05) is 42.5 Å². The number of piperidine rings is 1. The summed E-state index contributed by atoms with van der Waals surface area (Å²) in [5, 5.41) is 2.41. The lowest BCUT2D eigenvalue weighted by Gasteiger charge is -2.35. The van der Waals surface area contributed by atoms with Gasteiger partial charge >= 0.3 is 0 Å². The van der Waals surface area contributed by atoms with Crippen molar-refractivity contribution in [2.75, 3.05) is 13.1 Å². The van der Waals surface area contributed by atoms with Gasteiger partial charge in [-0.15, -0.1) is 12.4 Å². The van der Waals surface area contributed by atoms with Gasteiger partial charge in [0, 0.05) is 19.1 Å². The summed E-state index contributed by atoms with van der Waals surface area (Å²) in [6, 6.07) is 14.7. The summed E-state index contributed by atoms with van der Waals surface area (Å²) in [5.41, 5.74) is 6.89. The minimum Gasteiger partial charge on any atom is -0.338 e. The van der Waals surface area contributed by atoms with Crippen LogP contribution in [0.1, 0.15) is 24.8 Å². The van der Waals surface area contributed by atoms with Crippen LogP contribution in [-0.4, -0.2) is 29.9 Å². The molecular formula is C18H23ClN2O. The van der Waals surface area contributed by atoms with Crippen molar-refractivity contribution in [3.05, 3.63) is 48.0 Å². The topological polar surface area (TPSA) is 46.3 Å². The summed E-state index contributed by atoms with van der Waals surface area (Å²) in [4.78, 5) is 14.5. The zero-order chi connectivity index (χ0) is 14.7. The van der Waals surface area contributed by atoms with Crippen LogP contribution in [0.2, 0.25) is 0 Å². The molecule has 1 aliphatic heterocycles. The van der Waals surface area contributed by atoms with Crippen LogP contribution < -0.4 is 5.73 Å². The van der Waals surface area contributed by atoms with Gasteiger partial charge in [0.25, 0.3) is 0 Å². The monoisotopic (exact) mass is 318 g/mol. The molecule has 0 spiro atoms. The summed E-state index contributed by atoms with van der Waals surface area (Å²) in [7, 11) is 0. The van der Waals surface area contributed by atoms with Gasteiger partial charge in [0.15, 0.2) is 0 Å². The smallest absolute Gasteiger partial charge is 0.227 e. The number of likely N-dealkylation sites (tertiary alicyclic amines) is 1. The Bertz CT molecular complexity index is 644. The van der Waals surface area contributed by atoms with Crippen molar-refractivity contribution in [1.82, 2.24) is 4.90 Å². The highest BCUT2D eigenvalue weighted by molar-refractivity contribution is 5.86. The molecule has 2 aromatic rings. The van der Waals surface area contributed by atoms with Gasteiger partial charge in [0.2, 0.25) is 5.91 Å². The number of carbonyl (C=O) groups is 1.